The highest BCUT2D eigenvalue weighted by Crippen LogP contribution is 2.43. The molecular weight excluding hydrogens is 470 g/mol. The number of fused-ring (bicyclic) bond motifs is 2. The van der Waals surface area contributed by atoms with Crippen LogP contribution in [0.5, 0.6) is 0 Å². The lowest BCUT2D eigenvalue weighted by Gasteiger charge is -2.24. The molecular formula is C30H23NO6. The quantitative estimate of drug-likeness (QED) is 0.157. The predicted octanol–water partition coefficient (Wildman–Crippen LogP) is 6.01. The number of hydrogen-bond donors (Lipinski definition) is 3. The van der Waals surface area contributed by atoms with Crippen molar-refractivity contribution in [1.29, 1.82) is 0 Å². The zero-order chi connectivity index (χ0) is 25.8. The summed E-state index contributed by atoms with van der Waals surface area (Å²) < 4.78 is 0. The molecule has 1 aliphatic rings. The topological polar surface area (TPSA) is 121 Å². The molecule has 6 rings (SSSR count). The molecule has 1 fully saturated rings. The van der Waals surface area contributed by atoms with Crippen LogP contribution in [0.25, 0.3) is 43.1 Å². The minimum absolute atomic E-state index is 0.0213. The molecule has 5 aromatic carbocycles. The second kappa shape index (κ2) is 8.55. The van der Waals surface area contributed by atoms with Crippen molar-refractivity contribution in [2.45, 2.75) is 38.1 Å². The first-order valence-electron chi connectivity index (χ1n) is 12.3. The van der Waals surface area contributed by atoms with Crippen LogP contribution in [0.3, 0.4) is 0 Å². The minimum Gasteiger partial charge on any atom is -0.478 e. The van der Waals surface area contributed by atoms with Crippen LogP contribution in [0, 0.1) is 0 Å². The lowest BCUT2D eigenvalue weighted by Crippen LogP contribution is -2.36. The van der Waals surface area contributed by atoms with E-state index >= 15 is 0 Å². The predicted molar refractivity (Wildman–Crippen MR) is 141 cm³/mol. The summed E-state index contributed by atoms with van der Waals surface area (Å²) >= 11 is 0. The first-order chi connectivity index (χ1) is 17.9. The van der Waals surface area contributed by atoms with Crippen LogP contribution in [-0.2, 0) is 0 Å². The van der Waals surface area contributed by atoms with Gasteiger partial charge in [0.25, 0.3) is 5.91 Å². The summed E-state index contributed by atoms with van der Waals surface area (Å²) in [4.78, 5) is 49.7. The van der Waals surface area contributed by atoms with Gasteiger partial charge in [-0.1, -0.05) is 49.6 Å². The highest BCUT2D eigenvalue weighted by Gasteiger charge is 2.25. The van der Waals surface area contributed by atoms with Crippen LogP contribution >= 0.6 is 0 Å². The molecule has 7 heteroatoms. The third kappa shape index (κ3) is 3.42. The van der Waals surface area contributed by atoms with E-state index in [1.807, 2.05) is 0 Å². The van der Waals surface area contributed by atoms with Crippen LogP contribution in [0.2, 0.25) is 0 Å². The molecule has 0 radical (unpaired) electrons. The Morgan fingerprint density at radius 2 is 1.14 bits per heavy atom. The number of hydrogen-bond acceptors (Lipinski definition) is 4. The van der Waals surface area contributed by atoms with Crippen LogP contribution < -0.4 is 5.32 Å². The van der Waals surface area contributed by atoms with Crippen LogP contribution in [0.15, 0.2) is 48.5 Å². The number of carboxylic acids is 2. The zero-order valence-electron chi connectivity index (χ0n) is 19.8. The Hall–Kier alpha value is -4.52. The van der Waals surface area contributed by atoms with Gasteiger partial charge in [-0.05, 0) is 63.4 Å². The lowest BCUT2D eigenvalue weighted by molar-refractivity contribution is 0.0688. The molecule has 5 aromatic rings. The Morgan fingerprint density at radius 3 is 1.68 bits per heavy atom. The third-order valence-electron chi connectivity index (χ3n) is 7.71. The molecule has 0 aromatic heterocycles. The first kappa shape index (κ1) is 22.9. The van der Waals surface area contributed by atoms with E-state index in [0.29, 0.717) is 54.9 Å². The molecule has 1 saturated carbocycles. The van der Waals surface area contributed by atoms with Gasteiger partial charge in [0.1, 0.15) is 0 Å². The van der Waals surface area contributed by atoms with Crippen LogP contribution in [0.4, 0.5) is 0 Å². The molecule has 1 aliphatic carbocycles. The maximum atomic E-state index is 13.5. The SMILES string of the molecule is O=Cc1ccc2c3ccc(C(=O)O)c4c(C(=O)NC5CCCCC5)ccc(c5ccc(C(=O)O)c1c25)c43. The van der Waals surface area contributed by atoms with Gasteiger partial charge in [0, 0.05) is 27.9 Å². The molecule has 0 bridgehead atoms. The molecule has 0 heterocycles. The summed E-state index contributed by atoms with van der Waals surface area (Å²) in [6.07, 6.45) is 5.70. The largest absolute Gasteiger partial charge is 0.478 e. The van der Waals surface area contributed by atoms with Crippen molar-refractivity contribution in [2.75, 3.05) is 0 Å². The van der Waals surface area contributed by atoms with Crippen LogP contribution in [0.1, 0.15) is 73.5 Å². The number of carboxylic acid groups (broad SMARTS) is 2. The average molecular weight is 494 g/mol. The molecule has 184 valence electrons. The maximum absolute atomic E-state index is 13.5. The van der Waals surface area contributed by atoms with Gasteiger partial charge in [0.2, 0.25) is 0 Å². The monoisotopic (exact) mass is 493 g/mol. The summed E-state index contributed by atoms with van der Waals surface area (Å²) in [6.45, 7) is 0. The van der Waals surface area contributed by atoms with Crippen molar-refractivity contribution in [1.82, 2.24) is 5.32 Å². The van der Waals surface area contributed by atoms with Crippen molar-refractivity contribution < 1.29 is 29.4 Å². The third-order valence-corrected chi connectivity index (χ3v) is 7.71. The Bertz CT molecular complexity index is 1760. The molecule has 0 unspecified atom stereocenters. The van der Waals surface area contributed by atoms with E-state index in [1.165, 1.54) is 12.1 Å². The molecule has 3 N–H and O–H groups in total. The molecule has 0 spiro atoms. The summed E-state index contributed by atoms with van der Waals surface area (Å²) in [5.41, 5.74) is 0.618. The van der Waals surface area contributed by atoms with E-state index in [-0.39, 0.29) is 28.6 Å². The van der Waals surface area contributed by atoms with Gasteiger partial charge in [0.15, 0.2) is 6.29 Å². The van der Waals surface area contributed by atoms with Gasteiger partial charge in [-0.3, -0.25) is 9.59 Å². The van der Waals surface area contributed by atoms with Crippen molar-refractivity contribution in [3.63, 3.8) is 0 Å². The molecule has 7 nitrogen and oxygen atoms in total. The standard InChI is InChI=1S/C30H23NO6/c32-14-15-6-7-17-20-10-13-23(30(36)37)27-21(28(33)31-16-4-2-1-3-5-16)11-8-19(26(20)27)18-9-12-22(29(34)35)24(15)25(17)18/h6-14,16H,1-5H2,(H,31,33)(H,34,35)(H,36,37). The van der Waals surface area contributed by atoms with Crippen molar-refractivity contribution >= 4 is 67.2 Å². The fourth-order valence-corrected chi connectivity index (χ4v) is 6.07. The van der Waals surface area contributed by atoms with E-state index < -0.39 is 11.9 Å². The number of benzene rings is 5. The van der Waals surface area contributed by atoms with E-state index in [2.05, 4.69) is 5.32 Å². The number of aromatic carboxylic acids is 2. The number of aldehydes is 1. The molecule has 1 amide bonds. The fraction of sp³-hybridized carbons (Fsp3) is 0.200. The van der Waals surface area contributed by atoms with Gasteiger partial charge in [-0.25, -0.2) is 9.59 Å². The summed E-state index contributed by atoms with van der Waals surface area (Å²) in [6, 6.07) is 13.2. The van der Waals surface area contributed by atoms with E-state index in [4.69, 9.17) is 0 Å². The second-order valence-electron chi connectivity index (χ2n) is 9.72. The van der Waals surface area contributed by atoms with E-state index in [9.17, 15) is 29.4 Å². The average Bonchev–Trinajstić information content (AvgIpc) is 2.90. The van der Waals surface area contributed by atoms with Gasteiger partial charge in [-0.15, -0.1) is 0 Å². The van der Waals surface area contributed by atoms with Crippen LogP contribution in [-0.4, -0.2) is 40.4 Å². The van der Waals surface area contributed by atoms with E-state index in [1.54, 1.807) is 36.4 Å². The Balaban J connectivity index is 1.73. The Kier molecular flexibility index (Phi) is 5.30. The van der Waals surface area contributed by atoms with E-state index in [0.717, 1.165) is 32.1 Å². The van der Waals surface area contributed by atoms with Crippen molar-refractivity contribution in [3.05, 3.63) is 70.8 Å². The van der Waals surface area contributed by atoms with Gasteiger partial charge < -0.3 is 15.5 Å². The molecule has 37 heavy (non-hydrogen) atoms. The van der Waals surface area contributed by atoms with Crippen molar-refractivity contribution in [3.8, 4) is 0 Å². The number of carbonyl (C=O) groups is 4. The lowest BCUT2D eigenvalue weighted by atomic mass is 9.84. The minimum atomic E-state index is -1.14. The molecule has 0 aliphatic heterocycles. The van der Waals surface area contributed by atoms with Gasteiger partial charge in [-0.2, -0.15) is 0 Å². The molecule has 0 atom stereocenters. The van der Waals surface area contributed by atoms with Gasteiger partial charge in [0.05, 0.1) is 11.1 Å². The highest BCUT2D eigenvalue weighted by atomic mass is 16.4. The number of amides is 1. The maximum Gasteiger partial charge on any atom is 0.336 e. The van der Waals surface area contributed by atoms with Gasteiger partial charge >= 0.3 is 11.9 Å². The Labute approximate surface area is 211 Å². The smallest absolute Gasteiger partial charge is 0.336 e. The normalized spacial score (nSPS) is 14.5. The Morgan fingerprint density at radius 1 is 0.649 bits per heavy atom. The first-order valence-corrected chi connectivity index (χ1v) is 12.3. The molecule has 0 saturated heterocycles. The summed E-state index contributed by atoms with van der Waals surface area (Å²) in [5.74, 6) is -2.57. The number of rotatable bonds is 5. The zero-order valence-corrected chi connectivity index (χ0v) is 19.8. The fourth-order valence-electron chi connectivity index (χ4n) is 6.07. The summed E-state index contributed by atoms with van der Waals surface area (Å²) in [5, 5.41) is 27.7. The highest BCUT2D eigenvalue weighted by molar-refractivity contribution is 6.37. The summed E-state index contributed by atoms with van der Waals surface area (Å²) in [7, 11) is 0. The van der Waals surface area contributed by atoms with Crippen molar-refractivity contribution in [2.24, 2.45) is 0 Å². The number of carbonyl (C=O) groups excluding carboxylic acids is 2. The second-order valence-corrected chi connectivity index (χ2v) is 9.72. The number of nitrogens with one attached hydrogen (secondary N) is 1.